The Hall–Kier alpha value is -1.23. The molecular weight excluding hydrogens is 280 g/mol. The first-order chi connectivity index (χ1) is 9.24. The van der Waals surface area contributed by atoms with Crippen molar-refractivity contribution in [3.8, 4) is 5.75 Å². The number of methoxy groups -OCH3 is 1. The fourth-order valence-corrected chi connectivity index (χ4v) is 2.79. The lowest BCUT2D eigenvalue weighted by atomic mass is 10.1. The molecule has 19 heavy (non-hydrogen) atoms. The second kappa shape index (κ2) is 6.80. The van der Waals surface area contributed by atoms with Crippen LogP contribution < -0.4 is 10.5 Å². The van der Waals surface area contributed by atoms with Crippen LogP contribution in [-0.4, -0.2) is 12.1 Å². The van der Waals surface area contributed by atoms with E-state index in [1.165, 1.54) is 0 Å². The molecule has 0 bridgehead atoms. The molecule has 0 amide bonds. The molecule has 0 aliphatic heterocycles. The second-order valence-electron chi connectivity index (χ2n) is 3.93. The zero-order chi connectivity index (χ0) is 13.7. The van der Waals surface area contributed by atoms with Crippen LogP contribution in [-0.2, 0) is 12.3 Å². The Balaban J connectivity index is 2.10. The van der Waals surface area contributed by atoms with E-state index in [4.69, 9.17) is 22.1 Å². The fraction of sp³-hybridized carbons (Fsp3) is 0.214. The normalized spacial score (nSPS) is 10.5. The number of rotatable bonds is 5. The average Bonchev–Trinajstić information content (AvgIpc) is 2.46. The molecule has 2 rings (SSSR count). The summed E-state index contributed by atoms with van der Waals surface area (Å²) in [5, 5.41) is 1.52. The molecule has 2 N–H and O–H groups in total. The van der Waals surface area contributed by atoms with Crippen LogP contribution in [0, 0.1) is 0 Å². The maximum atomic E-state index is 6.07. The lowest BCUT2D eigenvalue weighted by Gasteiger charge is -2.09. The number of aromatic nitrogens is 1. The van der Waals surface area contributed by atoms with Gasteiger partial charge in [0.1, 0.15) is 10.8 Å². The lowest BCUT2D eigenvalue weighted by Crippen LogP contribution is -2.00. The highest BCUT2D eigenvalue weighted by atomic mass is 35.5. The molecule has 1 heterocycles. The van der Waals surface area contributed by atoms with E-state index in [1.54, 1.807) is 25.1 Å². The molecule has 0 unspecified atom stereocenters. The van der Waals surface area contributed by atoms with E-state index in [2.05, 4.69) is 11.1 Å². The van der Waals surface area contributed by atoms with E-state index in [-0.39, 0.29) is 0 Å². The molecule has 0 aliphatic carbocycles. The van der Waals surface area contributed by atoms with Gasteiger partial charge in [-0.25, -0.2) is 4.98 Å². The Morgan fingerprint density at radius 1 is 1.37 bits per heavy atom. The third kappa shape index (κ3) is 3.62. The molecule has 0 atom stereocenters. The molecule has 1 aromatic carbocycles. The summed E-state index contributed by atoms with van der Waals surface area (Å²) >= 11 is 7.68. The molecule has 0 spiro atoms. The molecule has 0 saturated carbocycles. The number of nitrogens with two attached hydrogens (primary N) is 1. The van der Waals surface area contributed by atoms with Gasteiger partial charge in [-0.15, -0.1) is 11.8 Å². The predicted octanol–water partition coefficient (Wildman–Crippen LogP) is 3.49. The van der Waals surface area contributed by atoms with Crippen molar-refractivity contribution < 1.29 is 4.74 Å². The van der Waals surface area contributed by atoms with Crippen LogP contribution in [0.1, 0.15) is 11.1 Å². The van der Waals surface area contributed by atoms with Gasteiger partial charge in [-0.1, -0.05) is 23.7 Å². The Morgan fingerprint density at radius 2 is 2.21 bits per heavy atom. The van der Waals surface area contributed by atoms with Crippen LogP contribution in [0.25, 0.3) is 0 Å². The molecule has 0 aliphatic rings. The first-order valence-corrected chi connectivity index (χ1v) is 7.20. The van der Waals surface area contributed by atoms with Crippen LogP contribution in [0.3, 0.4) is 0 Å². The van der Waals surface area contributed by atoms with Crippen molar-refractivity contribution in [2.45, 2.75) is 17.3 Å². The van der Waals surface area contributed by atoms with Gasteiger partial charge in [0.2, 0.25) is 0 Å². The van der Waals surface area contributed by atoms with Crippen LogP contribution in [0.4, 0.5) is 0 Å². The van der Waals surface area contributed by atoms with Gasteiger partial charge in [0.05, 0.1) is 12.1 Å². The van der Waals surface area contributed by atoms with E-state index in [0.29, 0.717) is 11.6 Å². The summed E-state index contributed by atoms with van der Waals surface area (Å²) in [5.74, 6) is 1.62. The highest BCUT2D eigenvalue weighted by Gasteiger charge is 2.05. The van der Waals surface area contributed by atoms with Crippen molar-refractivity contribution >= 4 is 23.4 Å². The number of halogens is 1. The summed E-state index contributed by atoms with van der Waals surface area (Å²) in [5.41, 5.74) is 7.81. The monoisotopic (exact) mass is 294 g/mol. The number of thioether (sulfide) groups is 1. The minimum absolute atomic E-state index is 0.475. The number of ether oxygens (including phenoxy) is 1. The number of benzene rings is 1. The SMILES string of the molecule is COc1cc(CSc2ncccc2Cl)ccc1CN. The minimum Gasteiger partial charge on any atom is -0.496 e. The molecule has 0 radical (unpaired) electrons. The van der Waals surface area contributed by atoms with Crippen LogP contribution >= 0.6 is 23.4 Å². The molecular formula is C14H15ClN2OS. The first kappa shape index (κ1) is 14.2. The van der Waals surface area contributed by atoms with Gasteiger partial charge in [0, 0.05) is 24.1 Å². The second-order valence-corrected chi connectivity index (χ2v) is 5.30. The molecule has 5 heteroatoms. The summed E-state index contributed by atoms with van der Waals surface area (Å²) in [6.07, 6.45) is 1.74. The van der Waals surface area contributed by atoms with E-state index in [9.17, 15) is 0 Å². The number of nitrogens with zero attached hydrogens (tertiary/aromatic N) is 1. The number of pyridine rings is 1. The van der Waals surface area contributed by atoms with Crippen molar-refractivity contribution in [1.82, 2.24) is 4.98 Å². The van der Waals surface area contributed by atoms with E-state index < -0.39 is 0 Å². The third-order valence-corrected chi connectivity index (χ3v) is 4.17. The number of hydrogen-bond donors (Lipinski definition) is 1. The largest absolute Gasteiger partial charge is 0.496 e. The van der Waals surface area contributed by atoms with Crippen LogP contribution in [0.2, 0.25) is 5.02 Å². The van der Waals surface area contributed by atoms with E-state index >= 15 is 0 Å². The Morgan fingerprint density at radius 3 is 2.89 bits per heavy atom. The zero-order valence-electron chi connectivity index (χ0n) is 10.6. The summed E-state index contributed by atoms with van der Waals surface area (Å²) in [7, 11) is 1.65. The van der Waals surface area contributed by atoms with Crippen molar-refractivity contribution in [3.63, 3.8) is 0 Å². The summed E-state index contributed by atoms with van der Waals surface area (Å²) in [6.45, 7) is 0.475. The highest BCUT2D eigenvalue weighted by molar-refractivity contribution is 7.98. The molecule has 0 fully saturated rings. The Labute approximate surface area is 122 Å². The summed E-state index contributed by atoms with van der Waals surface area (Å²) in [6, 6.07) is 9.72. The quantitative estimate of drug-likeness (QED) is 0.858. The first-order valence-electron chi connectivity index (χ1n) is 5.83. The van der Waals surface area contributed by atoms with Crippen molar-refractivity contribution in [2.75, 3.05) is 7.11 Å². The maximum Gasteiger partial charge on any atom is 0.123 e. The molecule has 2 aromatic rings. The topological polar surface area (TPSA) is 48.1 Å². The standard InChI is InChI=1S/C14H15ClN2OS/c1-18-13-7-10(4-5-11(13)8-16)9-19-14-12(15)3-2-6-17-14/h2-7H,8-9,16H2,1H3. The van der Waals surface area contributed by atoms with Crippen molar-refractivity contribution in [2.24, 2.45) is 5.73 Å². The van der Waals surface area contributed by atoms with E-state index in [0.717, 1.165) is 27.7 Å². The fourth-order valence-electron chi connectivity index (χ4n) is 1.68. The Kier molecular flexibility index (Phi) is 5.07. The lowest BCUT2D eigenvalue weighted by molar-refractivity contribution is 0.409. The molecule has 100 valence electrons. The Bertz CT molecular complexity index is 563. The smallest absolute Gasteiger partial charge is 0.123 e. The zero-order valence-corrected chi connectivity index (χ0v) is 12.2. The minimum atomic E-state index is 0.475. The summed E-state index contributed by atoms with van der Waals surface area (Å²) in [4.78, 5) is 4.25. The van der Waals surface area contributed by atoms with Gasteiger partial charge < -0.3 is 10.5 Å². The average molecular weight is 295 g/mol. The van der Waals surface area contributed by atoms with Crippen LogP contribution in [0.15, 0.2) is 41.6 Å². The van der Waals surface area contributed by atoms with Crippen molar-refractivity contribution in [3.05, 3.63) is 52.7 Å². The van der Waals surface area contributed by atoms with Gasteiger partial charge in [-0.2, -0.15) is 0 Å². The van der Waals surface area contributed by atoms with Gasteiger partial charge in [0.25, 0.3) is 0 Å². The highest BCUT2D eigenvalue weighted by Crippen LogP contribution is 2.29. The van der Waals surface area contributed by atoms with Gasteiger partial charge in [-0.3, -0.25) is 0 Å². The van der Waals surface area contributed by atoms with Gasteiger partial charge in [-0.05, 0) is 23.8 Å². The third-order valence-electron chi connectivity index (χ3n) is 2.67. The maximum absolute atomic E-state index is 6.07. The number of hydrogen-bond acceptors (Lipinski definition) is 4. The van der Waals surface area contributed by atoms with Crippen LogP contribution in [0.5, 0.6) is 5.75 Å². The van der Waals surface area contributed by atoms with E-state index in [1.807, 2.05) is 24.3 Å². The molecule has 3 nitrogen and oxygen atoms in total. The molecule has 0 saturated heterocycles. The molecule has 1 aromatic heterocycles. The van der Waals surface area contributed by atoms with Crippen molar-refractivity contribution in [1.29, 1.82) is 0 Å². The van der Waals surface area contributed by atoms with Gasteiger partial charge >= 0.3 is 0 Å². The van der Waals surface area contributed by atoms with Gasteiger partial charge in [0.15, 0.2) is 0 Å². The summed E-state index contributed by atoms with van der Waals surface area (Å²) < 4.78 is 5.32. The predicted molar refractivity (Wildman–Crippen MR) is 79.7 cm³/mol.